The second-order valence-electron chi connectivity index (χ2n) is 4.75. The van der Waals surface area contributed by atoms with Gasteiger partial charge in [-0.25, -0.2) is 4.68 Å². The first kappa shape index (κ1) is 15.2. The number of alkyl halides is 3. The van der Waals surface area contributed by atoms with Crippen LogP contribution in [0, 0.1) is 0 Å². The molecule has 2 aromatic heterocycles. The third kappa shape index (κ3) is 2.44. The molecule has 1 aliphatic heterocycles. The molecule has 0 spiro atoms. The van der Waals surface area contributed by atoms with Gasteiger partial charge in [0.2, 0.25) is 0 Å². The number of carboxylic acids is 1. The number of nitrogens with zero attached hydrogens (tertiary/aromatic N) is 2. The normalized spacial score (nSPS) is 21.3. The van der Waals surface area contributed by atoms with Crippen LogP contribution in [0.15, 0.2) is 17.5 Å². The van der Waals surface area contributed by atoms with Crippen LogP contribution < -0.4 is 10.4 Å². The van der Waals surface area contributed by atoms with Crippen molar-refractivity contribution in [2.75, 3.05) is 5.32 Å². The quantitative estimate of drug-likeness (QED) is 0.904. The lowest BCUT2D eigenvalue weighted by atomic mass is 10.0. The van der Waals surface area contributed by atoms with Crippen molar-refractivity contribution in [3.8, 4) is 0 Å². The molecule has 0 saturated heterocycles. The van der Waals surface area contributed by atoms with Crippen molar-refractivity contribution in [2.24, 2.45) is 0 Å². The minimum Gasteiger partial charge on any atom is -0.543 e. The predicted octanol–water partition coefficient (Wildman–Crippen LogP) is 2.62. The van der Waals surface area contributed by atoms with Crippen LogP contribution in [-0.4, -0.2) is 21.9 Å². The average molecular weight is 351 g/mol. The first-order chi connectivity index (χ1) is 10.3. The smallest absolute Gasteiger partial charge is 0.410 e. The van der Waals surface area contributed by atoms with Gasteiger partial charge in [-0.1, -0.05) is 17.7 Å². The van der Waals surface area contributed by atoms with E-state index in [0.717, 1.165) is 0 Å². The van der Waals surface area contributed by atoms with Crippen molar-refractivity contribution < 1.29 is 23.1 Å². The second kappa shape index (κ2) is 5.17. The van der Waals surface area contributed by atoms with Gasteiger partial charge in [-0.2, -0.15) is 18.3 Å². The number of anilines is 1. The molecule has 3 rings (SSSR count). The van der Waals surface area contributed by atoms with E-state index in [1.807, 2.05) is 0 Å². The van der Waals surface area contributed by atoms with Gasteiger partial charge in [-0.15, -0.1) is 11.3 Å². The number of aromatic nitrogens is 2. The number of carboxylic acid groups (broad SMARTS) is 1. The van der Waals surface area contributed by atoms with Gasteiger partial charge in [0.05, 0.1) is 12.0 Å². The fourth-order valence-electron chi connectivity index (χ4n) is 2.40. The molecule has 0 aliphatic carbocycles. The van der Waals surface area contributed by atoms with Gasteiger partial charge >= 0.3 is 6.18 Å². The van der Waals surface area contributed by atoms with Crippen LogP contribution in [0.5, 0.6) is 0 Å². The van der Waals surface area contributed by atoms with E-state index in [1.165, 1.54) is 11.3 Å². The lowest BCUT2D eigenvalue weighted by Gasteiger charge is -2.33. The van der Waals surface area contributed by atoms with E-state index in [9.17, 15) is 23.1 Å². The highest BCUT2D eigenvalue weighted by atomic mass is 35.5. The molecule has 5 nitrogen and oxygen atoms in total. The molecule has 2 atom stereocenters. The van der Waals surface area contributed by atoms with Gasteiger partial charge in [-0.05, 0) is 11.4 Å². The molecule has 2 unspecified atom stereocenters. The molecule has 22 heavy (non-hydrogen) atoms. The van der Waals surface area contributed by atoms with Crippen LogP contribution in [0.2, 0.25) is 5.02 Å². The number of halogens is 4. The number of thiophene rings is 1. The number of aromatic carboxylic acids is 1. The summed E-state index contributed by atoms with van der Waals surface area (Å²) in [4.78, 5) is 11.6. The van der Waals surface area contributed by atoms with E-state index in [0.29, 0.717) is 9.56 Å². The number of nitrogens with one attached hydrogen (secondary N) is 1. The topological polar surface area (TPSA) is 70.0 Å². The van der Waals surface area contributed by atoms with E-state index >= 15 is 0 Å². The second-order valence-corrected chi connectivity index (χ2v) is 6.11. The molecule has 1 N–H and O–H groups in total. The molecular formula is C12H8ClF3N3O2S-. The van der Waals surface area contributed by atoms with Crippen LogP contribution in [0.4, 0.5) is 19.0 Å². The Morgan fingerprint density at radius 3 is 2.82 bits per heavy atom. The van der Waals surface area contributed by atoms with Gasteiger partial charge < -0.3 is 15.2 Å². The molecule has 10 heteroatoms. The van der Waals surface area contributed by atoms with Gasteiger partial charge in [0.1, 0.15) is 16.5 Å². The third-order valence-electron chi connectivity index (χ3n) is 3.38. The molecule has 3 heterocycles. The van der Waals surface area contributed by atoms with E-state index in [4.69, 9.17) is 11.6 Å². The minimum atomic E-state index is -4.58. The van der Waals surface area contributed by atoms with Crippen molar-refractivity contribution in [3.05, 3.63) is 33.1 Å². The molecule has 0 aromatic carbocycles. The summed E-state index contributed by atoms with van der Waals surface area (Å²) >= 11 is 7.15. The maximum Gasteiger partial charge on any atom is 0.410 e. The first-order valence-corrected chi connectivity index (χ1v) is 7.40. The summed E-state index contributed by atoms with van der Waals surface area (Å²) in [6.45, 7) is 0. The summed E-state index contributed by atoms with van der Waals surface area (Å²) in [6.07, 6.45) is -4.88. The maximum atomic E-state index is 13.3. The van der Waals surface area contributed by atoms with E-state index in [-0.39, 0.29) is 17.3 Å². The van der Waals surface area contributed by atoms with Crippen LogP contribution in [0.25, 0.3) is 0 Å². The zero-order valence-corrected chi connectivity index (χ0v) is 12.3. The zero-order valence-electron chi connectivity index (χ0n) is 10.7. The Kier molecular flexibility index (Phi) is 3.56. The van der Waals surface area contributed by atoms with Crippen LogP contribution in [-0.2, 0) is 0 Å². The fraction of sp³-hybridized carbons (Fsp3) is 0.333. The SMILES string of the molecule is O=C([O-])c1nn2c(c1Cl)NC(c1cccs1)CC2C(F)(F)F. The monoisotopic (exact) mass is 350 g/mol. The van der Waals surface area contributed by atoms with Crippen LogP contribution in [0.3, 0.4) is 0 Å². The summed E-state index contributed by atoms with van der Waals surface area (Å²) in [6, 6.07) is 0.851. The highest BCUT2D eigenvalue weighted by Crippen LogP contribution is 2.46. The summed E-state index contributed by atoms with van der Waals surface area (Å²) in [5, 5.41) is 18.6. The van der Waals surface area contributed by atoms with Crippen molar-refractivity contribution in [2.45, 2.75) is 24.7 Å². The average Bonchev–Trinajstić information content (AvgIpc) is 3.05. The molecule has 118 valence electrons. The van der Waals surface area contributed by atoms with Crippen molar-refractivity contribution in [3.63, 3.8) is 0 Å². The Balaban J connectivity index is 2.10. The van der Waals surface area contributed by atoms with Crippen molar-refractivity contribution >= 4 is 34.7 Å². The first-order valence-electron chi connectivity index (χ1n) is 6.15. The molecule has 0 radical (unpaired) electrons. The Labute approximate surface area is 131 Å². The van der Waals surface area contributed by atoms with Crippen molar-refractivity contribution in [1.29, 1.82) is 0 Å². The Morgan fingerprint density at radius 1 is 1.55 bits per heavy atom. The molecule has 0 saturated carbocycles. The lowest BCUT2D eigenvalue weighted by Crippen LogP contribution is -2.35. The van der Waals surface area contributed by atoms with E-state index < -0.39 is 29.9 Å². The predicted molar refractivity (Wildman–Crippen MR) is 72.0 cm³/mol. The standard InChI is InChI=1S/C12H9ClF3N3O2S/c13-8-9(11(20)21)18-19-7(12(14,15)16)4-5(17-10(8)19)6-2-1-3-22-6/h1-3,5,7,17H,4H2,(H,20,21)/p-1. The van der Waals surface area contributed by atoms with Crippen LogP contribution >= 0.6 is 22.9 Å². The summed E-state index contributed by atoms with van der Waals surface area (Å²) in [5.41, 5.74) is -0.703. The van der Waals surface area contributed by atoms with Gasteiger partial charge in [0.15, 0.2) is 6.04 Å². The lowest BCUT2D eigenvalue weighted by molar-refractivity contribution is -0.255. The largest absolute Gasteiger partial charge is 0.543 e. The number of carbonyl (C=O) groups is 1. The van der Waals surface area contributed by atoms with Gasteiger partial charge in [-0.3, -0.25) is 0 Å². The van der Waals surface area contributed by atoms with Crippen molar-refractivity contribution in [1.82, 2.24) is 9.78 Å². The Bertz CT molecular complexity index is 714. The molecule has 1 aliphatic rings. The molecule has 0 amide bonds. The van der Waals surface area contributed by atoms with E-state index in [1.54, 1.807) is 17.5 Å². The highest BCUT2D eigenvalue weighted by Gasteiger charge is 2.47. The number of fused-ring (bicyclic) bond motifs is 1. The van der Waals surface area contributed by atoms with Gasteiger partial charge in [0, 0.05) is 11.3 Å². The minimum absolute atomic E-state index is 0.159. The van der Waals surface area contributed by atoms with Gasteiger partial charge in [0.25, 0.3) is 0 Å². The zero-order chi connectivity index (χ0) is 16.1. The Morgan fingerprint density at radius 2 is 2.27 bits per heavy atom. The molecule has 0 bridgehead atoms. The fourth-order valence-corrected chi connectivity index (χ4v) is 3.44. The summed E-state index contributed by atoms with van der Waals surface area (Å²) in [7, 11) is 0. The summed E-state index contributed by atoms with van der Waals surface area (Å²) < 4.78 is 40.4. The number of rotatable bonds is 2. The number of carbonyl (C=O) groups excluding carboxylic acids is 1. The van der Waals surface area contributed by atoms with Crippen LogP contribution in [0.1, 0.15) is 33.9 Å². The molecular weight excluding hydrogens is 343 g/mol. The third-order valence-corrected chi connectivity index (χ3v) is 4.72. The molecule has 0 fully saturated rings. The maximum absolute atomic E-state index is 13.3. The summed E-state index contributed by atoms with van der Waals surface area (Å²) in [5.74, 6) is -1.88. The van der Waals surface area contributed by atoms with E-state index in [2.05, 4.69) is 10.4 Å². The highest BCUT2D eigenvalue weighted by molar-refractivity contribution is 7.10. The number of hydrogen-bond donors (Lipinski definition) is 1. The Hall–Kier alpha value is -1.74. The molecule has 2 aromatic rings. The number of hydrogen-bond acceptors (Lipinski definition) is 5.